The summed E-state index contributed by atoms with van der Waals surface area (Å²) in [6.07, 6.45) is 3.59. The summed E-state index contributed by atoms with van der Waals surface area (Å²) in [6, 6.07) is 5.14. The van der Waals surface area contributed by atoms with Gasteiger partial charge in [-0.1, -0.05) is 18.0 Å². The molecule has 3 rings (SSSR count). The van der Waals surface area contributed by atoms with Crippen LogP contribution in [0.1, 0.15) is 57.3 Å². The molecule has 1 fully saturated rings. The van der Waals surface area contributed by atoms with Gasteiger partial charge in [0.25, 0.3) is 0 Å². The highest BCUT2D eigenvalue weighted by molar-refractivity contribution is 7.89. The summed E-state index contributed by atoms with van der Waals surface area (Å²) in [4.78, 5) is 15.4. The predicted molar refractivity (Wildman–Crippen MR) is 105 cm³/mol. The van der Waals surface area contributed by atoms with E-state index in [0.29, 0.717) is 11.5 Å². The number of nitrogens with zero attached hydrogens (tertiary/aromatic N) is 2. The Balaban J connectivity index is 0.00000280. The van der Waals surface area contributed by atoms with E-state index in [-0.39, 0.29) is 29.1 Å². The smallest absolute Gasteiger partial charge is 0.244 e. The van der Waals surface area contributed by atoms with E-state index in [1.165, 1.54) is 31.2 Å². The number of rotatable bonds is 6. The molecule has 2 aromatic rings. The van der Waals surface area contributed by atoms with Crippen LogP contribution in [0.2, 0.25) is 0 Å². The number of amides is 1. The van der Waals surface area contributed by atoms with Crippen molar-refractivity contribution in [3.8, 4) is 0 Å². The lowest BCUT2D eigenvalue weighted by Crippen LogP contribution is -2.34. The fourth-order valence-corrected chi connectivity index (χ4v) is 4.31. The van der Waals surface area contributed by atoms with Crippen LogP contribution in [0, 0.1) is 0 Å². The van der Waals surface area contributed by atoms with Gasteiger partial charge in [-0.15, -0.1) is 12.4 Å². The first kappa shape index (κ1) is 22.3. The molecule has 4 N–H and O–H groups in total. The van der Waals surface area contributed by atoms with Gasteiger partial charge in [-0.05, 0) is 44.0 Å². The van der Waals surface area contributed by atoms with Crippen molar-refractivity contribution >= 4 is 34.0 Å². The van der Waals surface area contributed by atoms with E-state index < -0.39 is 21.6 Å². The van der Waals surface area contributed by atoms with Crippen molar-refractivity contribution in [1.82, 2.24) is 14.9 Å². The molecule has 1 aromatic heterocycles. The Morgan fingerprint density at radius 3 is 2.43 bits per heavy atom. The van der Waals surface area contributed by atoms with Crippen molar-refractivity contribution in [2.45, 2.75) is 56.0 Å². The quantitative estimate of drug-likeness (QED) is 0.639. The fraction of sp³-hybridized carbons (Fsp3) is 0.471. The molecule has 154 valence electrons. The van der Waals surface area contributed by atoms with Gasteiger partial charge in [0.05, 0.1) is 16.5 Å². The predicted octanol–water partition coefficient (Wildman–Crippen LogP) is 2.22. The van der Waals surface area contributed by atoms with E-state index in [4.69, 9.17) is 10.3 Å². The highest BCUT2D eigenvalue weighted by Gasteiger charge is 2.36. The first-order valence-electron chi connectivity index (χ1n) is 8.73. The Hall–Kier alpha value is -2.01. The van der Waals surface area contributed by atoms with Crippen LogP contribution >= 0.6 is 12.4 Å². The minimum atomic E-state index is -3.80. The number of benzene rings is 1. The van der Waals surface area contributed by atoms with Crippen molar-refractivity contribution in [1.29, 1.82) is 0 Å². The van der Waals surface area contributed by atoms with Gasteiger partial charge >= 0.3 is 0 Å². The standard InChI is InChI=1S/C17H23N5O4S.ClH/c1-11(15-20-16(21-26-15)17(18)9-3-4-10-17)22-27(24,25)14-7-5-13(6-8-14)19-12(2)23;/h5-8,11,22H,3-4,9-10,18H2,1-2H3,(H,19,23);1H. The maximum absolute atomic E-state index is 12.6. The fourth-order valence-electron chi connectivity index (χ4n) is 3.11. The summed E-state index contributed by atoms with van der Waals surface area (Å²) in [5.41, 5.74) is 6.22. The summed E-state index contributed by atoms with van der Waals surface area (Å²) < 4.78 is 32.9. The van der Waals surface area contributed by atoms with Crippen molar-refractivity contribution in [2.24, 2.45) is 5.73 Å². The molecular weight excluding hydrogens is 406 g/mol. The largest absolute Gasteiger partial charge is 0.338 e. The molecule has 0 aliphatic heterocycles. The number of aromatic nitrogens is 2. The number of halogens is 1. The molecule has 1 aliphatic rings. The highest BCUT2D eigenvalue weighted by atomic mass is 35.5. The molecule has 1 unspecified atom stereocenters. The van der Waals surface area contributed by atoms with Crippen LogP contribution in [0.3, 0.4) is 0 Å². The summed E-state index contributed by atoms with van der Waals surface area (Å²) in [6.45, 7) is 3.00. The second-order valence-electron chi connectivity index (χ2n) is 6.87. The van der Waals surface area contributed by atoms with Crippen molar-refractivity contribution < 1.29 is 17.7 Å². The van der Waals surface area contributed by atoms with Gasteiger partial charge in [-0.3, -0.25) is 4.79 Å². The third kappa shape index (κ3) is 4.88. The average molecular weight is 430 g/mol. The average Bonchev–Trinajstić information content (AvgIpc) is 3.24. The zero-order valence-electron chi connectivity index (χ0n) is 15.6. The van der Waals surface area contributed by atoms with Gasteiger partial charge in [0.1, 0.15) is 0 Å². The van der Waals surface area contributed by atoms with E-state index in [1.54, 1.807) is 6.92 Å². The number of nitrogens with two attached hydrogens (primary N) is 1. The van der Waals surface area contributed by atoms with E-state index in [0.717, 1.165) is 25.7 Å². The molecule has 1 amide bonds. The Morgan fingerprint density at radius 2 is 1.86 bits per heavy atom. The summed E-state index contributed by atoms with van der Waals surface area (Å²) in [5, 5.41) is 6.53. The van der Waals surface area contributed by atoms with Crippen LogP contribution in [0.5, 0.6) is 0 Å². The molecule has 1 aliphatic carbocycles. The Kier molecular flexibility index (Phi) is 6.81. The molecule has 11 heteroatoms. The monoisotopic (exact) mass is 429 g/mol. The second kappa shape index (κ2) is 8.56. The number of carbonyl (C=O) groups is 1. The minimum Gasteiger partial charge on any atom is -0.338 e. The molecule has 0 saturated heterocycles. The third-order valence-corrected chi connectivity index (χ3v) is 6.13. The lowest BCUT2D eigenvalue weighted by molar-refractivity contribution is -0.114. The van der Waals surface area contributed by atoms with Gasteiger partial charge in [0.2, 0.25) is 21.8 Å². The highest BCUT2D eigenvalue weighted by Crippen LogP contribution is 2.35. The number of hydrogen-bond donors (Lipinski definition) is 3. The molecule has 1 saturated carbocycles. The van der Waals surface area contributed by atoms with Crippen LogP contribution in [-0.4, -0.2) is 24.5 Å². The topological polar surface area (TPSA) is 140 Å². The molecule has 0 radical (unpaired) electrons. The third-order valence-electron chi connectivity index (χ3n) is 4.57. The normalized spacial score (nSPS) is 17.0. The second-order valence-corrected chi connectivity index (χ2v) is 8.58. The number of hydrogen-bond acceptors (Lipinski definition) is 7. The van der Waals surface area contributed by atoms with Crippen LogP contribution in [0.25, 0.3) is 0 Å². The van der Waals surface area contributed by atoms with Gasteiger partial charge in [-0.2, -0.15) is 9.71 Å². The molecule has 0 bridgehead atoms. The minimum absolute atomic E-state index is 0. The van der Waals surface area contributed by atoms with Crippen molar-refractivity contribution in [2.75, 3.05) is 5.32 Å². The summed E-state index contributed by atoms with van der Waals surface area (Å²) in [5.74, 6) is 0.352. The van der Waals surface area contributed by atoms with Gasteiger partial charge in [0, 0.05) is 12.6 Å². The van der Waals surface area contributed by atoms with Gasteiger partial charge in [0.15, 0.2) is 5.82 Å². The van der Waals surface area contributed by atoms with E-state index >= 15 is 0 Å². The van der Waals surface area contributed by atoms with E-state index in [2.05, 4.69) is 20.2 Å². The first-order valence-corrected chi connectivity index (χ1v) is 10.2. The lowest BCUT2D eigenvalue weighted by Gasteiger charge is -2.17. The SMILES string of the molecule is CC(=O)Nc1ccc(S(=O)(=O)NC(C)c2nc(C3(N)CCCC3)no2)cc1.Cl. The van der Waals surface area contributed by atoms with Crippen molar-refractivity contribution in [3.05, 3.63) is 36.0 Å². The van der Waals surface area contributed by atoms with Gasteiger partial charge in [-0.25, -0.2) is 8.42 Å². The molecule has 9 nitrogen and oxygen atoms in total. The Bertz CT molecular complexity index is 923. The van der Waals surface area contributed by atoms with Crippen molar-refractivity contribution in [3.63, 3.8) is 0 Å². The summed E-state index contributed by atoms with van der Waals surface area (Å²) >= 11 is 0. The molecular formula is C17H24ClN5O4S. The number of carbonyl (C=O) groups excluding carboxylic acids is 1. The summed E-state index contributed by atoms with van der Waals surface area (Å²) in [7, 11) is -3.80. The van der Waals surface area contributed by atoms with E-state index in [9.17, 15) is 13.2 Å². The van der Waals surface area contributed by atoms with Crippen LogP contribution in [0.4, 0.5) is 5.69 Å². The number of anilines is 1. The maximum atomic E-state index is 12.6. The molecule has 1 heterocycles. The zero-order chi connectivity index (χ0) is 19.7. The molecule has 28 heavy (non-hydrogen) atoms. The zero-order valence-corrected chi connectivity index (χ0v) is 17.3. The van der Waals surface area contributed by atoms with Crippen LogP contribution in [0.15, 0.2) is 33.7 Å². The molecule has 1 atom stereocenters. The lowest BCUT2D eigenvalue weighted by atomic mass is 9.99. The Morgan fingerprint density at radius 1 is 1.25 bits per heavy atom. The Labute approximate surface area is 169 Å². The number of sulfonamides is 1. The van der Waals surface area contributed by atoms with E-state index in [1.807, 2.05) is 0 Å². The number of nitrogens with one attached hydrogen (secondary N) is 2. The maximum Gasteiger partial charge on any atom is 0.244 e. The van der Waals surface area contributed by atoms with Crippen LogP contribution < -0.4 is 15.8 Å². The molecule has 1 aromatic carbocycles. The van der Waals surface area contributed by atoms with Crippen LogP contribution in [-0.2, 0) is 20.4 Å². The molecule has 0 spiro atoms. The first-order chi connectivity index (χ1) is 12.7. The van der Waals surface area contributed by atoms with Gasteiger partial charge < -0.3 is 15.6 Å².